The second-order valence-electron chi connectivity index (χ2n) is 10.5. The first-order valence-electron chi connectivity index (χ1n) is 13.5. The normalized spacial score (nSPS) is 12.0. The Kier molecular flexibility index (Phi) is 7.52. The summed E-state index contributed by atoms with van der Waals surface area (Å²) in [6, 6.07) is 28.8. The SMILES string of the molecule is Cc1nc2cc(C(=O)N[C@@H](C)c3cccc(C(C)C)c3)ccc2n1Cc1ccc(-c2ccccc2C(=O)O)cc1. The summed E-state index contributed by atoms with van der Waals surface area (Å²) in [4.78, 5) is 29.5. The van der Waals surface area contributed by atoms with E-state index in [4.69, 9.17) is 4.98 Å². The fraction of sp³-hybridized carbons (Fsp3) is 0.206. The molecule has 0 aliphatic carbocycles. The second kappa shape index (κ2) is 11.2. The molecule has 0 radical (unpaired) electrons. The van der Waals surface area contributed by atoms with Crippen LogP contribution >= 0.6 is 0 Å². The molecule has 0 saturated carbocycles. The molecule has 5 rings (SSSR count). The molecule has 1 heterocycles. The third-order valence-electron chi connectivity index (χ3n) is 7.39. The largest absolute Gasteiger partial charge is 0.478 e. The number of hydrogen-bond acceptors (Lipinski definition) is 3. The van der Waals surface area contributed by atoms with Gasteiger partial charge in [-0.2, -0.15) is 0 Å². The molecule has 0 unspecified atom stereocenters. The number of aromatic nitrogens is 2. The van der Waals surface area contributed by atoms with Crippen molar-refractivity contribution >= 4 is 22.9 Å². The molecule has 0 aliphatic rings. The maximum Gasteiger partial charge on any atom is 0.336 e. The molecule has 1 aromatic heterocycles. The van der Waals surface area contributed by atoms with Crippen molar-refractivity contribution < 1.29 is 14.7 Å². The smallest absolute Gasteiger partial charge is 0.336 e. The molecular weight excluding hydrogens is 498 g/mol. The number of fused-ring (bicyclic) bond motifs is 1. The van der Waals surface area contributed by atoms with Crippen LogP contribution in [0.1, 0.15) is 76.0 Å². The average molecular weight is 532 g/mol. The third kappa shape index (κ3) is 5.52. The second-order valence-corrected chi connectivity index (χ2v) is 10.5. The van der Waals surface area contributed by atoms with Crippen LogP contribution in [0.3, 0.4) is 0 Å². The molecule has 0 spiro atoms. The Labute approximate surface area is 234 Å². The van der Waals surface area contributed by atoms with Gasteiger partial charge in [-0.3, -0.25) is 4.79 Å². The number of hydrogen-bond donors (Lipinski definition) is 2. The van der Waals surface area contributed by atoms with E-state index in [1.807, 2.05) is 80.6 Å². The molecule has 4 aromatic carbocycles. The van der Waals surface area contributed by atoms with Crippen molar-refractivity contribution in [2.45, 2.75) is 46.2 Å². The maximum atomic E-state index is 13.1. The molecule has 1 amide bonds. The van der Waals surface area contributed by atoms with E-state index in [0.29, 0.717) is 23.6 Å². The number of rotatable bonds is 8. The molecule has 6 heteroatoms. The number of nitrogens with zero attached hydrogens (tertiary/aromatic N) is 2. The van der Waals surface area contributed by atoms with Crippen molar-refractivity contribution in [3.8, 4) is 11.1 Å². The van der Waals surface area contributed by atoms with Crippen molar-refractivity contribution in [1.82, 2.24) is 14.9 Å². The van der Waals surface area contributed by atoms with Gasteiger partial charge < -0.3 is 15.0 Å². The number of amides is 1. The number of aryl methyl sites for hydroxylation is 1. The van der Waals surface area contributed by atoms with Gasteiger partial charge in [-0.15, -0.1) is 0 Å². The molecule has 0 aliphatic heterocycles. The lowest BCUT2D eigenvalue weighted by Crippen LogP contribution is -2.26. The topological polar surface area (TPSA) is 84.2 Å². The van der Waals surface area contributed by atoms with Crippen LogP contribution in [0.25, 0.3) is 22.2 Å². The van der Waals surface area contributed by atoms with Gasteiger partial charge in [0.05, 0.1) is 22.6 Å². The fourth-order valence-electron chi connectivity index (χ4n) is 5.04. The number of nitrogens with one attached hydrogen (secondary N) is 1. The molecule has 202 valence electrons. The van der Waals surface area contributed by atoms with Crippen LogP contribution < -0.4 is 5.32 Å². The van der Waals surface area contributed by atoms with Gasteiger partial charge >= 0.3 is 5.97 Å². The monoisotopic (exact) mass is 531 g/mol. The number of carbonyl (C=O) groups excluding carboxylic acids is 1. The Hall–Kier alpha value is -4.71. The van der Waals surface area contributed by atoms with E-state index in [1.54, 1.807) is 12.1 Å². The molecular formula is C34H33N3O3. The number of aromatic carboxylic acids is 1. The van der Waals surface area contributed by atoms with Crippen LogP contribution in [0.2, 0.25) is 0 Å². The van der Waals surface area contributed by atoms with Gasteiger partial charge in [-0.1, -0.05) is 80.6 Å². The molecule has 40 heavy (non-hydrogen) atoms. The zero-order valence-electron chi connectivity index (χ0n) is 23.2. The van der Waals surface area contributed by atoms with E-state index in [0.717, 1.165) is 33.5 Å². The van der Waals surface area contributed by atoms with E-state index in [9.17, 15) is 14.7 Å². The maximum absolute atomic E-state index is 13.1. The predicted octanol–water partition coefficient (Wildman–Crippen LogP) is 7.37. The Balaban J connectivity index is 1.33. The van der Waals surface area contributed by atoms with Crippen LogP contribution in [-0.4, -0.2) is 26.5 Å². The van der Waals surface area contributed by atoms with Crippen molar-refractivity contribution in [3.05, 3.63) is 125 Å². The highest BCUT2D eigenvalue weighted by molar-refractivity contribution is 5.98. The Bertz CT molecular complexity index is 1700. The van der Waals surface area contributed by atoms with Gasteiger partial charge in [0.1, 0.15) is 5.82 Å². The van der Waals surface area contributed by atoms with Gasteiger partial charge in [-0.05, 0) is 71.8 Å². The van der Waals surface area contributed by atoms with Gasteiger partial charge in [-0.25, -0.2) is 9.78 Å². The van der Waals surface area contributed by atoms with Crippen LogP contribution in [0.15, 0.2) is 91.0 Å². The molecule has 0 bridgehead atoms. The van der Waals surface area contributed by atoms with Crippen LogP contribution in [0.4, 0.5) is 0 Å². The van der Waals surface area contributed by atoms with Crippen molar-refractivity contribution in [3.63, 3.8) is 0 Å². The summed E-state index contributed by atoms with van der Waals surface area (Å²) in [5.74, 6) is 0.207. The summed E-state index contributed by atoms with van der Waals surface area (Å²) in [6.45, 7) is 8.89. The summed E-state index contributed by atoms with van der Waals surface area (Å²) in [6.07, 6.45) is 0. The highest BCUT2D eigenvalue weighted by Crippen LogP contribution is 2.26. The minimum atomic E-state index is -0.942. The summed E-state index contributed by atoms with van der Waals surface area (Å²) < 4.78 is 2.12. The number of imidazole rings is 1. The summed E-state index contributed by atoms with van der Waals surface area (Å²) in [5, 5.41) is 12.6. The summed E-state index contributed by atoms with van der Waals surface area (Å²) in [7, 11) is 0. The highest BCUT2D eigenvalue weighted by atomic mass is 16.4. The van der Waals surface area contributed by atoms with Crippen LogP contribution in [0.5, 0.6) is 0 Å². The number of benzene rings is 4. The first kappa shape index (κ1) is 26.9. The lowest BCUT2D eigenvalue weighted by atomic mass is 9.98. The Morgan fingerprint density at radius 1 is 0.875 bits per heavy atom. The molecule has 2 N–H and O–H groups in total. The predicted molar refractivity (Wildman–Crippen MR) is 159 cm³/mol. The Morgan fingerprint density at radius 2 is 1.60 bits per heavy atom. The quantitative estimate of drug-likeness (QED) is 0.219. The lowest BCUT2D eigenvalue weighted by molar-refractivity contribution is 0.0697. The van der Waals surface area contributed by atoms with Crippen LogP contribution in [0, 0.1) is 6.92 Å². The third-order valence-corrected chi connectivity index (χ3v) is 7.39. The van der Waals surface area contributed by atoms with Gasteiger partial charge in [0, 0.05) is 12.1 Å². The van der Waals surface area contributed by atoms with Gasteiger partial charge in [0.2, 0.25) is 0 Å². The zero-order chi connectivity index (χ0) is 28.4. The van der Waals surface area contributed by atoms with Gasteiger partial charge in [0.25, 0.3) is 5.91 Å². The van der Waals surface area contributed by atoms with Crippen molar-refractivity contribution in [1.29, 1.82) is 0 Å². The van der Waals surface area contributed by atoms with E-state index >= 15 is 0 Å². The first-order valence-corrected chi connectivity index (χ1v) is 13.5. The van der Waals surface area contributed by atoms with Crippen LogP contribution in [-0.2, 0) is 6.54 Å². The minimum absolute atomic E-state index is 0.119. The zero-order valence-corrected chi connectivity index (χ0v) is 23.2. The first-order chi connectivity index (χ1) is 19.2. The van der Waals surface area contributed by atoms with Crippen molar-refractivity contribution in [2.24, 2.45) is 0 Å². The highest BCUT2D eigenvalue weighted by Gasteiger charge is 2.16. The Morgan fingerprint density at radius 3 is 2.33 bits per heavy atom. The number of carbonyl (C=O) groups is 2. The van der Waals surface area contributed by atoms with E-state index < -0.39 is 5.97 Å². The fourth-order valence-corrected chi connectivity index (χ4v) is 5.04. The molecule has 5 aromatic rings. The molecule has 6 nitrogen and oxygen atoms in total. The van der Waals surface area contributed by atoms with E-state index in [-0.39, 0.29) is 17.5 Å². The number of carboxylic acids is 1. The molecule has 0 saturated heterocycles. The minimum Gasteiger partial charge on any atom is -0.478 e. The van der Waals surface area contributed by atoms with Gasteiger partial charge in [0.15, 0.2) is 0 Å². The van der Waals surface area contributed by atoms with Crippen molar-refractivity contribution in [2.75, 3.05) is 0 Å². The van der Waals surface area contributed by atoms with E-state index in [2.05, 4.69) is 35.9 Å². The standard InChI is InChI=1S/C34H33N3O3/c1-21(2)26-8-7-9-27(18-26)22(3)35-33(38)28-16-17-32-31(19-28)36-23(4)37(32)20-24-12-14-25(15-13-24)29-10-5-6-11-30(29)34(39)40/h5-19,21-22H,20H2,1-4H3,(H,35,38)(H,39,40)/t22-/m0/s1. The lowest BCUT2D eigenvalue weighted by Gasteiger charge is -2.16. The average Bonchev–Trinajstić information content (AvgIpc) is 3.27. The summed E-state index contributed by atoms with van der Waals surface area (Å²) in [5.41, 5.74) is 7.53. The molecule has 0 fully saturated rings. The number of carboxylic acid groups (broad SMARTS) is 1. The van der Waals surface area contributed by atoms with E-state index in [1.165, 1.54) is 5.56 Å². The summed E-state index contributed by atoms with van der Waals surface area (Å²) >= 11 is 0. The molecule has 1 atom stereocenters.